The molecule has 0 saturated carbocycles. The zero-order chi connectivity index (χ0) is 18.5. The van der Waals surface area contributed by atoms with E-state index in [1.165, 1.54) is 0 Å². The molecule has 1 amide bonds. The maximum absolute atomic E-state index is 12.4. The van der Waals surface area contributed by atoms with Crippen LogP contribution in [-0.2, 0) is 10.5 Å². The Balaban J connectivity index is 1.49. The van der Waals surface area contributed by atoms with Gasteiger partial charge in [0.25, 0.3) is 5.91 Å². The molecule has 3 rings (SSSR count). The topological polar surface area (TPSA) is 51.2 Å². The zero-order valence-electron chi connectivity index (χ0n) is 15.2. The van der Waals surface area contributed by atoms with Crippen LogP contribution in [0.1, 0.15) is 34.4 Å². The summed E-state index contributed by atoms with van der Waals surface area (Å²) in [6, 6.07) is 7.75. The van der Waals surface area contributed by atoms with Crippen LogP contribution in [0.4, 0.5) is 0 Å². The summed E-state index contributed by atoms with van der Waals surface area (Å²) in [5, 5.41) is 6.21. The van der Waals surface area contributed by atoms with E-state index in [9.17, 15) is 4.79 Å². The second-order valence-electron chi connectivity index (χ2n) is 6.57. The van der Waals surface area contributed by atoms with E-state index in [2.05, 4.69) is 22.3 Å². The van der Waals surface area contributed by atoms with Gasteiger partial charge >= 0.3 is 0 Å². The Morgan fingerprint density at radius 2 is 2.19 bits per heavy atom. The van der Waals surface area contributed by atoms with Gasteiger partial charge in [-0.05, 0) is 44.5 Å². The molecular weight excluding hydrogens is 364 g/mol. The number of aryl methyl sites for hydroxylation is 1. The highest BCUT2D eigenvalue weighted by Gasteiger charge is 2.28. The van der Waals surface area contributed by atoms with E-state index in [4.69, 9.17) is 4.74 Å². The van der Waals surface area contributed by atoms with Gasteiger partial charge in [0.2, 0.25) is 0 Å². The van der Waals surface area contributed by atoms with Gasteiger partial charge in [0.15, 0.2) is 0 Å². The largest absolute Gasteiger partial charge is 0.374 e. The highest BCUT2D eigenvalue weighted by molar-refractivity contribution is 7.98. The van der Waals surface area contributed by atoms with E-state index in [1.807, 2.05) is 38.1 Å². The average Bonchev–Trinajstić information content (AvgIpc) is 3.27. The minimum absolute atomic E-state index is 0.0379. The lowest BCUT2D eigenvalue weighted by Crippen LogP contribution is -2.33. The van der Waals surface area contributed by atoms with Crippen molar-refractivity contribution in [1.82, 2.24) is 10.3 Å². The molecule has 1 aliphatic heterocycles. The fraction of sp³-hybridized carbons (Fsp3) is 0.400. The number of carbonyl (C=O) groups is 1. The lowest BCUT2D eigenvalue weighted by Gasteiger charge is -2.19. The molecule has 2 heterocycles. The Hall–Kier alpha value is -1.63. The number of nitrogens with one attached hydrogen (secondary N) is 1. The number of hydrogen-bond donors (Lipinski definition) is 1. The van der Waals surface area contributed by atoms with E-state index in [-0.39, 0.29) is 12.0 Å². The van der Waals surface area contributed by atoms with Gasteiger partial charge in [-0.2, -0.15) is 0 Å². The van der Waals surface area contributed by atoms with E-state index in [0.717, 1.165) is 40.0 Å². The van der Waals surface area contributed by atoms with Crippen molar-refractivity contribution in [1.29, 1.82) is 0 Å². The van der Waals surface area contributed by atoms with Crippen molar-refractivity contribution < 1.29 is 9.53 Å². The molecule has 0 bridgehead atoms. The van der Waals surface area contributed by atoms with E-state index in [1.54, 1.807) is 23.1 Å². The monoisotopic (exact) mass is 388 g/mol. The number of thiazole rings is 1. The molecular formula is C20H24N2O2S2. The molecule has 1 aliphatic rings. The van der Waals surface area contributed by atoms with Gasteiger partial charge < -0.3 is 10.1 Å². The first kappa shape index (κ1) is 19.1. The van der Waals surface area contributed by atoms with Crippen LogP contribution in [-0.4, -0.2) is 30.1 Å². The minimum atomic E-state index is -0.0379. The molecule has 26 heavy (non-hydrogen) atoms. The maximum Gasteiger partial charge on any atom is 0.251 e. The minimum Gasteiger partial charge on any atom is -0.374 e. The molecule has 1 aromatic heterocycles. The summed E-state index contributed by atoms with van der Waals surface area (Å²) < 4.78 is 5.69. The van der Waals surface area contributed by atoms with Crippen molar-refractivity contribution in [2.24, 2.45) is 5.92 Å². The van der Waals surface area contributed by atoms with Crippen LogP contribution in [0.3, 0.4) is 0 Å². The molecule has 0 radical (unpaired) electrons. The number of ether oxygens (including phenoxy) is 1. The summed E-state index contributed by atoms with van der Waals surface area (Å²) in [6.07, 6.45) is 1.02. The van der Waals surface area contributed by atoms with Gasteiger partial charge in [0, 0.05) is 40.7 Å². The Labute approximate surface area is 163 Å². The Morgan fingerprint density at radius 3 is 2.85 bits per heavy atom. The molecule has 2 atom stereocenters. The number of amides is 1. The van der Waals surface area contributed by atoms with Crippen molar-refractivity contribution in [3.8, 4) is 0 Å². The Kier molecular flexibility index (Phi) is 6.51. The van der Waals surface area contributed by atoms with Crippen LogP contribution in [0.25, 0.3) is 0 Å². The molecule has 1 N–H and O–H groups in total. The average molecular weight is 389 g/mol. The molecule has 6 heteroatoms. The summed E-state index contributed by atoms with van der Waals surface area (Å²) in [7, 11) is 0. The van der Waals surface area contributed by atoms with E-state index < -0.39 is 0 Å². The normalized spacial score (nSPS) is 19.5. The number of benzene rings is 1. The second-order valence-corrected chi connectivity index (χ2v) is 8.68. The maximum atomic E-state index is 12.4. The molecule has 1 fully saturated rings. The molecule has 138 valence electrons. The predicted octanol–water partition coefficient (Wildman–Crippen LogP) is 4.45. The molecule has 4 nitrogen and oxygen atoms in total. The summed E-state index contributed by atoms with van der Waals surface area (Å²) in [4.78, 5) is 18.0. The fourth-order valence-corrected chi connectivity index (χ4v) is 4.56. The van der Waals surface area contributed by atoms with Crippen molar-refractivity contribution in [3.05, 3.63) is 58.1 Å². The van der Waals surface area contributed by atoms with Crippen LogP contribution < -0.4 is 5.32 Å². The smallest absolute Gasteiger partial charge is 0.251 e. The van der Waals surface area contributed by atoms with Crippen molar-refractivity contribution in [3.63, 3.8) is 0 Å². The fourth-order valence-electron chi connectivity index (χ4n) is 3.05. The van der Waals surface area contributed by atoms with E-state index >= 15 is 0 Å². The van der Waals surface area contributed by atoms with Crippen molar-refractivity contribution in [2.45, 2.75) is 37.0 Å². The van der Waals surface area contributed by atoms with Crippen molar-refractivity contribution >= 4 is 29.0 Å². The summed E-state index contributed by atoms with van der Waals surface area (Å²) >= 11 is 3.40. The number of thioether (sulfide) groups is 1. The van der Waals surface area contributed by atoms with Gasteiger partial charge in [-0.3, -0.25) is 4.79 Å². The van der Waals surface area contributed by atoms with Crippen molar-refractivity contribution in [2.75, 3.05) is 13.2 Å². The highest BCUT2D eigenvalue weighted by Crippen LogP contribution is 2.26. The standard InChI is InChI=1S/C20H24N2O2S2/c1-13(2)19-16(8-9-24-19)10-21-20(23)15-4-6-18(7-5-15)26-12-17-11-25-14(3)22-17/h4-7,11,16,19H,1,8-10,12H2,2-3H3,(H,21,23)/t16-,19+/m1/s1. The third-order valence-electron chi connectivity index (χ3n) is 4.39. The first-order valence-electron chi connectivity index (χ1n) is 8.72. The van der Waals surface area contributed by atoms with Gasteiger partial charge in [-0.25, -0.2) is 4.98 Å². The van der Waals surface area contributed by atoms with Crippen LogP contribution >= 0.6 is 23.1 Å². The van der Waals surface area contributed by atoms with Crippen LogP contribution in [0.5, 0.6) is 0 Å². The summed E-state index contributed by atoms with van der Waals surface area (Å²) in [5.41, 5.74) is 2.81. The van der Waals surface area contributed by atoms with E-state index in [0.29, 0.717) is 18.0 Å². The quantitative estimate of drug-likeness (QED) is 0.562. The third-order valence-corrected chi connectivity index (χ3v) is 6.26. The molecule has 1 aromatic carbocycles. The Morgan fingerprint density at radius 1 is 1.42 bits per heavy atom. The lowest BCUT2D eigenvalue weighted by molar-refractivity contribution is 0.0925. The lowest BCUT2D eigenvalue weighted by atomic mass is 9.97. The number of nitrogens with zero attached hydrogens (tertiary/aromatic N) is 1. The highest BCUT2D eigenvalue weighted by atomic mass is 32.2. The third kappa shape index (κ3) is 4.96. The van der Waals surface area contributed by atoms with Gasteiger partial charge in [-0.15, -0.1) is 23.1 Å². The first-order valence-corrected chi connectivity index (χ1v) is 10.6. The SMILES string of the molecule is C=C(C)[C@@H]1OCC[C@@H]1CNC(=O)c1ccc(SCc2csc(C)n2)cc1. The molecule has 0 unspecified atom stereocenters. The van der Waals surface area contributed by atoms with Gasteiger partial charge in [0.05, 0.1) is 16.8 Å². The van der Waals surface area contributed by atoms with Crippen LogP contribution in [0.15, 0.2) is 46.7 Å². The van der Waals surface area contributed by atoms with Crippen LogP contribution in [0, 0.1) is 12.8 Å². The second kappa shape index (κ2) is 8.84. The summed E-state index contributed by atoms with van der Waals surface area (Å²) in [6.45, 7) is 9.34. The summed E-state index contributed by atoms with van der Waals surface area (Å²) in [5.74, 6) is 1.12. The zero-order valence-corrected chi connectivity index (χ0v) is 16.8. The number of carbonyl (C=O) groups excluding carboxylic acids is 1. The van der Waals surface area contributed by atoms with Gasteiger partial charge in [-0.1, -0.05) is 12.2 Å². The number of aromatic nitrogens is 1. The Bertz CT molecular complexity index is 770. The molecule has 0 spiro atoms. The molecule has 1 saturated heterocycles. The number of hydrogen-bond acceptors (Lipinski definition) is 5. The predicted molar refractivity (Wildman–Crippen MR) is 108 cm³/mol. The van der Waals surface area contributed by atoms with Gasteiger partial charge in [0.1, 0.15) is 0 Å². The first-order chi connectivity index (χ1) is 12.5. The molecule has 2 aromatic rings. The van der Waals surface area contributed by atoms with Crippen LogP contribution in [0.2, 0.25) is 0 Å². The molecule has 0 aliphatic carbocycles. The number of rotatable bonds is 7.